The topological polar surface area (TPSA) is 85.2 Å². The fourth-order valence-electron chi connectivity index (χ4n) is 2.68. The molecule has 0 saturated carbocycles. The molecule has 2 N–H and O–H groups in total. The van der Waals surface area contributed by atoms with Gasteiger partial charge in [0.15, 0.2) is 0 Å². The van der Waals surface area contributed by atoms with Crippen molar-refractivity contribution in [3.8, 4) is 5.69 Å². The van der Waals surface area contributed by atoms with Crippen molar-refractivity contribution in [2.24, 2.45) is 0 Å². The number of thioether (sulfide) groups is 1. The maximum absolute atomic E-state index is 13.2. The van der Waals surface area contributed by atoms with Crippen molar-refractivity contribution >= 4 is 29.4 Å². The summed E-state index contributed by atoms with van der Waals surface area (Å²) < 4.78 is 19.9. The van der Waals surface area contributed by atoms with E-state index in [4.69, 9.17) is 4.74 Å². The lowest BCUT2D eigenvalue weighted by Crippen LogP contribution is -2.36. The van der Waals surface area contributed by atoms with E-state index >= 15 is 0 Å². The molecule has 0 fully saturated rings. The van der Waals surface area contributed by atoms with Crippen molar-refractivity contribution in [3.63, 3.8) is 0 Å². The minimum Gasteiger partial charge on any atom is -0.382 e. The number of anilines is 1. The van der Waals surface area contributed by atoms with Crippen LogP contribution in [0.15, 0.2) is 24.3 Å². The van der Waals surface area contributed by atoms with Crippen molar-refractivity contribution in [3.05, 3.63) is 41.3 Å². The number of carbonyl (C=O) groups is 2. The Bertz CT molecular complexity index is 823. The van der Waals surface area contributed by atoms with Gasteiger partial charge in [0.2, 0.25) is 0 Å². The van der Waals surface area contributed by atoms with Crippen LogP contribution in [0, 0.1) is 5.82 Å². The van der Waals surface area contributed by atoms with Gasteiger partial charge in [-0.15, -0.1) is 0 Å². The van der Waals surface area contributed by atoms with Crippen LogP contribution in [0.4, 0.5) is 10.2 Å². The van der Waals surface area contributed by atoms with Gasteiger partial charge in [-0.25, -0.2) is 9.07 Å². The van der Waals surface area contributed by atoms with Crippen molar-refractivity contribution in [1.82, 2.24) is 15.1 Å². The highest BCUT2D eigenvalue weighted by atomic mass is 32.2. The monoisotopic (exact) mass is 392 g/mol. The Morgan fingerprint density at radius 2 is 2.04 bits per heavy atom. The van der Waals surface area contributed by atoms with Crippen LogP contribution in [0.2, 0.25) is 0 Å². The van der Waals surface area contributed by atoms with E-state index < -0.39 is 11.8 Å². The minimum atomic E-state index is -0.755. The largest absolute Gasteiger partial charge is 0.382 e. The number of rotatable bonds is 7. The van der Waals surface area contributed by atoms with Gasteiger partial charge in [0, 0.05) is 36.8 Å². The molecule has 1 aliphatic rings. The minimum absolute atomic E-state index is 0.356. The molecule has 1 aliphatic heterocycles. The summed E-state index contributed by atoms with van der Waals surface area (Å²) in [6, 6.07) is 5.81. The second-order valence-electron chi connectivity index (χ2n) is 5.92. The predicted molar refractivity (Wildman–Crippen MR) is 101 cm³/mol. The van der Waals surface area contributed by atoms with Crippen LogP contribution in [-0.2, 0) is 25.8 Å². The number of ether oxygens (including phenoxy) is 1. The number of hydrogen-bond acceptors (Lipinski definition) is 5. The smallest absolute Gasteiger partial charge is 0.314 e. The summed E-state index contributed by atoms with van der Waals surface area (Å²) >= 11 is 1.69. The van der Waals surface area contributed by atoms with Crippen molar-refractivity contribution in [2.45, 2.75) is 24.9 Å². The fraction of sp³-hybridized carbons (Fsp3) is 0.389. The van der Waals surface area contributed by atoms with Crippen LogP contribution in [0.25, 0.3) is 5.69 Å². The van der Waals surface area contributed by atoms with Gasteiger partial charge in [-0.1, -0.05) is 0 Å². The maximum Gasteiger partial charge on any atom is 0.314 e. The molecule has 0 aliphatic carbocycles. The lowest BCUT2D eigenvalue weighted by molar-refractivity contribution is -0.136. The third-order valence-corrected chi connectivity index (χ3v) is 4.99. The van der Waals surface area contributed by atoms with E-state index in [1.165, 1.54) is 12.1 Å². The Morgan fingerprint density at radius 1 is 1.26 bits per heavy atom. The first-order chi connectivity index (χ1) is 13.1. The van der Waals surface area contributed by atoms with Gasteiger partial charge in [-0.05, 0) is 37.6 Å². The first-order valence-corrected chi connectivity index (χ1v) is 9.87. The molecule has 2 aromatic rings. The molecule has 0 radical (unpaired) electrons. The number of carbonyl (C=O) groups excluding carboxylic acids is 2. The van der Waals surface area contributed by atoms with Gasteiger partial charge >= 0.3 is 11.8 Å². The van der Waals surface area contributed by atoms with Gasteiger partial charge in [-0.3, -0.25) is 9.59 Å². The molecule has 0 spiro atoms. The highest BCUT2D eigenvalue weighted by molar-refractivity contribution is 7.98. The van der Waals surface area contributed by atoms with Crippen LogP contribution < -0.4 is 10.6 Å². The van der Waals surface area contributed by atoms with E-state index in [9.17, 15) is 14.0 Å². The maximum atomic E-state index is 13.2. The van der Waals surface area contributed by atoms with E-state index in [0.29, 0.717) is 43.4 Å². The van der Waals surface area contributed by atoms with Gasteiger partial charge in [0.25, 0.3) is 0 Å². The summed E-state index contributed by atoms with van der Waals surface area (Å²) in [6.45, 7) is 3.40. The highest BCUT2D eigenvalue weighted by Crippen LogP contribution is 2.36. The summed E-state index contributed by atoms with van der Waals surface area (Å²) in [5.41, 5.74) is 2.36. The summed E-state index contributed by atoms with van der Waals surface area (Å²) in [6.07, 6.45) is 0.631. The number of fused-ring (bicyclic) bond motifs is 1. The first-order valence-electron chi connectivity index (χ1n) is 8.71. The van der Waals surface area contributed by atoms with Crippen molar-refractivity contribution in [2.75, 3.05) is 25.1 Å². The summed E-state index contributed by atoms with van der Waals surface area (Å²) in [7, 11) is 0. The molecule has 9 heteroatoms. The average molecular weight is 392 g/mol. The normalized spacial score (nSPS) is 12.7. The summed E-state index contributed by atoms with van der Waals surface area (Å²) in [5, 5.41) is 9.75. The Balaban J connectivity index is 1.71. The van der Waals surface area contributed by atoms with Gasteiger partial charge in [-0.2, -0.15) is 16.9 Å². The number of nitrogens with zero attached hydrogens (tertiary/aromatic N) is 2. The van der Waals surface area contributed by atoms with Gasteiger partial charge in [0.05, 0.1) is 11.4 Å². The lowest BCUT2D eigenvalue weighted by atomic mass is 10.2. The van der Waals surface area contributed by atoms with Crippen LogP contribution >= 0.6 is 11.8 Å². The second-order valence-corrected chi connectivity index (χ2v) is 6.90. The Morgan fingerprint density at radius 3 is 2.78 bits per heavy atom. The Kier molecular flexibility index (Phi) is 6.46. The Labute approximate surface area is 160 Å². The SMILES string of the molecule is CCOCCCNC(=O)C(=O)Nc1c2c(nn1-c1ccc(F)cc1)CSC2. The number of hydrogen-bond donors (Lipinski definition) is 2. The summed E-state index contributed by atoms with van der Waals surface area (Å²) in [4.78, 5) is 24.4. The molecule has 144 valence electrons. The van der Waals surface area contributed by atoms with E-state index in [1.807, 2.05) is 6.92 Å². The molecule has 1 aromatic carbocycles. The predicted octanol–water partition coefficient (Wildman–Crippen LogP) is 2.24. The molecule has 0 bridgehead atoms. The van der Waals surface area contributed by atoms with Crippen LogP contribution in [0.1, 0.15) is 24.6 Å². The zero-order chi connectivity index (χ0) is 19.2. The van der Waals surface area contributed by atoms with Gasteiger partial charge < -0.3 is 15.4 Å². The lowest BCUT2D eigenvalue weighted by Gasteiger charge is -2.11. The van der Waals surface area contributed by atoms with Crippen LogP contribution in [0.5, 0.6) is 0 Å². The Hall–Kier alpha value is -2.39. The molecule has 0 saturated heterocycles. The molecule has 0 unspecified atom stereocenters. The third-order valence-electron chi connectivity index (χ3n) is 4.02. The van der Waals surface area contributed by atoms with E-state index in [2.05, 4.69) is 15.7 Å². The summed E-state index contributed by atoms with van der Waals surface area (Å²) in [5.74, 6) is 0.0622. The number of benzene rings is 1. The molecule has 27 heavy (non-hydrogen) atoms. The number of halogens is 1. The molecule has 0 atom stereocenters. The van der Waals surface area contributed by atoms with Crippen molar-refractivity contribution in [1.29, 1.82) is 0 Å². The van der Waals surface area contributed by atoms with Crippen LogP contribution in [0.3, 0.4) is 0 Å². The number of aromatic nitrogens is 2. The molecule has 1 aromatic heterocycles. The standard InChI is InChI=1S/C18H21FN4O3S/c1-2-26-9-3-8-20-17(24)18(25)21-16-14-10-27-11-15(14)22-23(16)13-6-4-12(19)5-7-13/h4-7H,2-3,8-11H2,1H3,(H,20,24)(H,21,25). The molecule has 7 nitrogen and oxygen atoms in total. The zero-order valence-corrected chi connectivity index (χ0v) is 15.8. The van der Waals surface area contributed by atoms with E-state index in [0.717, 1.165) is 17.0 Å². The van der Waals surface area contributed by atoms with Crippen LogP contribution in [-0.4, -0.2) is 41.4 Å². The molecule has 2 heterocycles. The molecular formula is C18H21FN4O3S. The average Bonchev–Trinajstić information content (AvgIpc) is 3.24. The third kappa shape index (κ3) is 4.67. The van der Waals surface area contributed by atoms with E-state index in [1.54, 1.807) is 28.6 Å². The number of amides is 2. The quantitative estimate of drug-likeness (QED) is 0.558. The first kappa shape index (κ1) is 19.4. The fourth-order valence-corrected chi connectivity index (χ4v) is 3.71. The van der Waals surface area contributed by atoms with E-state index in [-0.39, 0.29) is 5.82 Å². The number of nitrogens with one attached hydrogen (secondary N) is 2. The molecular weight excluding hydrogens is 371 g/mol. The van der Waals surface area contributed by atoms with Crippen molar-refractivity contribution < 1.29 is 18.7 Å². The second kappa shape index (κ2) is 9.01. The zero-order valence-electron chi connectivity index (χ0n) is 15.0. The van der Waals surface area contributed by atoms with Gasteiger partial charge in [0.1, 0.15) is 11.6 Å². The molecule has 2 amide bonds. The molecule has 3 rings (SSSR count). The highest BCUT2D eigenvalue weighted by Gasteiger charge is 2.26.